The summed E-state index contributed by atoms with van der Waals surface area (Å²) >= 11 is 17.9. The first-order valence-corrected chi connectivity index (χ1v) is 8.76. The van der Waals surface area contributed by atoms with Gasteiger partial charge in [0.1, 0.15) is 5.75 Å². The summed E-state index contributed by atoms with van der Waals surface area (Å²) in [7, 11) is 1.20. The van der Waals surface area contributed by atoms with Crippen LogP contribution in [0.25, 0.3) is 0 Å². The molecule has 0 aliphatic rings. The number of halogens is 3. The molecule has 0 N–H and O–H groups in total. The van der Waals surface area contributed by atoms with Gasteiger partial charge in [-0.15, -0.1) is 0 Å². The molecule has 0 saturated carbocycles. The third kappa shape index (κ3) is 6.20. The van der Waals surface area contributed by atoms with Crippen LogP contribution in [0.1, 0.15) is 6.92 Å². The van der Waals surface area contributed by atoms with E-state index in [1.165, 1.54) is 26.2 Å². The molecule has 1 atom stereocenters. The molecule has 0 saturated heterocycles. The van der Waals surface area contributed by atoms with E-state index in [-0.39, 0.29) is 11.5 Å². The molecule has 27 heavy (non-hydrogen) atoms. The number of carbonyl (C=O) groups is 2. The minimum Gasteiger partial charge on any atom is -0.478 e. The zero-order valence-electron chi connectivity index (χ0n) is 14.3. The first-order valence-electron chi connectivity index (χ1n) is 7.62. The summed E-state index contributed by atoms with van der Waals surface area (Å²) in [6.45, 7) is 0.923. The van der Waals surface area contributed by atoms with Crippen LogP contribution < -0.4 is 9.47 Å². The lowest BCUT2D eigenvalue weighted by molar-refractivity contribution is -0.165. The zero-order chi connectivity index (χ0) is 20.0. The second-order valence-corrected chi connectivity index (χ2v) is 6.49. The van der Waals surface area contributed by atoms with Crippen LogP contribution in [-0.2, 0) is 19.1 Å². The largest absolute Gasteiger partial charge is 0.478 e. The van der Waals surface area contributed by atoms with Crippen molar-refractivity contribution in [3.05, 3.63) is 51.5 Å². The van der Waals surface area contributed by atoms with Gasteiger partial charge < -0.3 is 18.9 Å². The molecule has 0 radical (unpaired) electrons. The van der Waals surface area contributed by atoms with E-state index in [0.29, 0.717) is 20.8 Å². The van der Waals surface area contributed by atoms with E-state index in [4.69, 9.17) is 49.0 Å². The summed E-state index contributed by atoms with van der Waals surface area (Å²) in [5, 5.41) is 1.13. The average Bonchev–Trinajstić information content (AvgIpc) is 2.63. The van der Waals surface area contributed by atoms with Gasteiger partial charge in [0.15, 0.2) is 24.2 Å². The summed E-state index contributed by atoms with van der Waals surface area (Å²) < 4.78 is 20.5. The highest BCUT2D eigenvalue weighted by atomic mass is 35.5. The van der Waals surface area contributed by atoms with Crippen LogP contribution in [0.5, 0.6) is 17.2 Å². The van der Waals surface area contributed by atoms with Crippen LogP contribution in [0.3, 0.4) is 0 Å². The van der Waals surface area contributed by atoms with E-state index in [1.807, 2.05) is 0 Å². The Labute approximate surface area is 170 Å². The maximum absolute atomic E-state index is 11.8. The van der Waals surface area contributed by atoms with Gasteiger partial charge in [0.05, 0.1) is 12.1 Å². The quantitative estimate of drug-likeness (QED) is 0.577. The van der Waals surface area contributed by atoms with Crippen molar-refractivity contribution in [3.63, 3.8) is 0 Å². The topological polar surface area (TPSA) is 71.1 Å². The molecule has 9 heteroatoms. The monoisotopic (exact) mass is 432 g/mol. The molecular weight excluding hydrogens is 419 g/mol. The lowest BCUT2D eigenvalue weighted by atomic mass is 10.3. The van der Waals surface area contributed by atoms with E-state index < -0.39 is 24.6 Å². The van der Waals surface area contributed by atoms with E-state index in [2.05, 4.69) is 4.74 Å². The number of esters is 2. The Hall–Kier alpha value is -2.15. The number of carbonyl (C=O) groups excluding carboxylic acids is 2. The number of benzene rings is 2. The van der Waals surface area contributed by atoms with E-state index in [0.717, 1.165) is 0 Å². The summed E-state index contributed by atoms with van der Waals surface area (Å²) in [6, 6.07) is 9.36. The van der Waals surface area contributed by atoms with Crippen molar-refractivity contribution in [1.29, 1.82) is 0 Å². The highest BCUT2D eigenvalue weighted by molar-refractivity contribution is 6.35. The molecule has 0 aromatic heterocycles. The third-order valence-electron chi connectivity index (χ3n) is 3.21. The molecule has 0 spiro atoms. The van der Waals surface area contributed by atoms with Gasteiger partial charge in [-0.2, -0.15) is 0 Å². The van der Waals surface area contributed by atoms with Crippen LogP contribution >= 0.6 is 34.8 Å². The van der Waals surface area contributed by atoms with E-state index in [1.54, 1.807) is 24.3 Å². The standard InChI is InChI=1S/C18H15Cl3O6/c1-10(18(23)24-2)26-17(22)9-25-16-8-12(20)4-6-15(16)27-14-5-3-11(19)7-13(14)21/h3-8,10H,9H2,1-2H3/t10-/m1/s1. The average molecular weight is 434 g/mol. The molecule has 0 aliphatic carbocycles. The number of hydrogen-bond acceptors (Lipinski definition) is 6. The van der Waals surface area contributed by atoms with Crippen molar-refractivity contribution in [2.24, 2.45) is 0 Å². The van der Waals surface area contributed by atoms with Gasteiger partial charge in [0, 0.05) is 16.1 Å². The SMILES string of the molecule is COC(=O)[C@@H](C)OC(=O)COc1cc(Cl)ccc1Oc1ccc(Cl)cc1Cl. The molecule has 0 unspecified atom stereocenters. The molecule has 2 rings (SSSR count). The van der Waals surface area contributed by atoms with Crippen LogP contribution in [0.15, 0.2) is 36.4 Å². The minimum atomic E-state index is -1.05. The van der Waals surface area contributed by atoms with Gasteiger partial charge >= 0.3 is 11.9 Å². The van der Waals surface area contributed by atoms with Crippen LogP contribution in [0, 0.1) is 0 Å². The zero-order valence-corrected chi connectivity index (χ0v) is 16.6. The van der Waals surface area contributed by atoms with Gasteiger partial charge in [0.25, 0.3) is 0 Å². The second kappa shape index (κ2) is 9.69. The number of hydrogen-bond donors (Lipinski definition) is 0. The summed E-state index contributed by atoms with van der Waals surface area (Å²) in [4.78, 5) is 23.1. The van der Waals surface area contributed by atoms with Gasteiger partial charge in [-0.1, -0.05) is 34.8 Å². The van der Waals surface area contributed by atoms with Crippen molar-refractivity contribution in [2.75, 3.05) is 13.7 Å². The molecule has 2 aromatic rings. The predicted molar refractivity (Wildman–Crippen MR) is 101 cm³/mol. The van der Waals surface area contributed by atoms with Crippen molar-refractivity contribution in [3.8, 4) is 17.2 Å². The summed E-state index contributed by atoms with van der Waals surface area (Å²) in [5.74, 6) is -0.625. The Morgan fingerprint density at radius 2 is 1.59 bits per heavy atom. The van der Waals surface area contributed by atoms with E-state index >= 15 is 0 Å². The molecular formula is C18H15Cl3O6. The Balaban J connectivity index is 2.09. The highest BCUT2D eigenvalue weighted by Gasteiger charge is 2.19. The van der Waals surface area contributed by atoms with Gasteiger partial charge in [-0.25, -0.2) is 9.59 Å². The maximum Gasteiger partial charge on any atom is 0.346 e. The molecule has 0 fully saturated rings. The fourth-order valence-corrected chi connectivity index (χ4v) is 2.55. The first kappa shape index (κ1) is 21.2. The van der Waals surface area contributed by atoms with Crippen molar-refractivity contribution >= 4 is 46.7 Å². The smallest absolute Gasteiger partial charge is 0.346 e. The number of rotatable bonds is 7. The summed E-state index contributed by atoms with van der Waals surface area (Å²) in [5.41, 5.74) is 0. The normalized spacial score (nSPS) is 11.4. The van der Waals surface area contributed by atoms with Gasteiger partial charge in [0.2, 0.25) is 0 Å². The Bertz CT molecular complexity index is 840. The Morgan fingerprint density at radius 1 is 0.963 bits per heavy atom. The molecule has 144 valence electrons. The minimum absolute atomic E-state index is 0.191. The lowest BCUT2D eigenvalue weighted by Crippen LogP contribution is -2.28. The van der Waals surface area contributed by atoms with Crippen molar-refractivity contribution in [2.45, 2.75) is 13.0 Å². The van der Waals surface area contributed by atoms with Crippen LogP contribution in [0.2, 0.25) is 15.1 Å². The number of ether oxygens (including phenoxy) is 4. The van der Waals surface area contributed by atoms with E-state index in [9.17, 15) is 9.59 Å². The second-order valence-electron chi connectivity index (χ2n) is 5.21. The molecule has 2 aromatic carbocycles. The molecule has 0 amide bonds. The lowest BCUT2D eigenvalue weighted by Gasteiger charge is -2.15. The summed E-state index contributed by atoms with van der Waals surface area (Å²) in [6.07, 6.45) is -1.05. The van der Waals surface area contributed by atoms with Crippen LogP contribution in [0.4, 0.5) is 0 Å². The predicted octanol–water partition coefficient (Wildman–Crippen LogP) is 4.92. The molecule has 0 bridgehead atoms. The van der Waals surface area contributed by atoms with Crippen molar-refractivity contribution < 1.29 is 28.5 Å². The molecule has 6 nitrogen and oxygen atoms in total. The highest BCUT2D eigenvalue weighted by Crippen LogP contribution is 2.37. The third-order valence-corrected chi connectivity index (χ3v) is 3.97. The fourth-order valence-electron chi connectivity index (χ4n) is 1.94. The Kier molecular flexibility index (Phi) is 7.59. The van der Waals surface area contributed by atoms with Crippen LogP contribution in [-0.4, -0.2) is 31.8 Å². The van der Waals surface area contributed by atoms with Crippen molar-refractivity contribution in [1.82, 2.24) is 0 Å². The molecule has 0 aliphatic heterocycles. The van der Waals surface area contributed by atoms with Gasteiger partial charge in [-0.05, 0) is 37.3 Å². The first-order chi connectivity index (χ1) is 12.8. The maximum atomic E-state index is 11.8. The molecule has 0 heterocycles. The fraction of sp³-hybridized carbons (Fsp3) is 0.222. The Morgan fingerprint density at radius 3 is 2.22 bits per heavy atom. The van der Waals surface area contributed by atoms with Gasteiger partial charge in [-0.3, -0.25) is 0 Å². The number of methoxy groups -OCH3 is 1.